The van der Waals surface area contributed by atoms with Crippen LogP contribution in [0.5, 0.6) is 0 Å². The molecule has 1 rings (SSSR count). The number of hydrogen-bond donors (Lipinski definition) is 0. The van der Waals surface area contributed by atoms with Gasteiger partial charge in [-0.1, -0.05) is 38.1 Å². The van der Waals surface area contributed by atoms with Gasteiger partial charge in [-0.3, -0.25) is 9.00 Å². The van der Waals surface area contributed by atoms with Crippen LogP contribution in [0.25, 0.3) is 0 Å². The van der Waals surface area contributed by atoms with Crippen LogP contribution in [-0.2, 0) is 32.5 Å². The summed E-state index contributed by atoms with van der Waals surface area (Å²) in [4.78, 5) is 11.3. The number of ether oxygens (including phenoxy) is 1. The van der Waals surface area contributed by atoms with Gasteiger partial charge < -0.3 is 4.74 Å². The van der Waals surface area contributed by atoms with E-state index >= 15 is 0 Å². The van der Waals surface area contributed by atoms with E-state index in [4.69, 9.17) is 0 Å². The molecular weight excluding hydrogens is 248 g/mol. The lowest BCUT2D eigenvalue weighted by Crippen LogP contribution is -2.10. The minimum Gasteiger partial charge on any atom is -0.469 e. The smallest absolute Gasteiger partial charge is 0.309 e. The lowest BCUT2D eigenvalue weighted by molar-refractivity contribution is -0.139. The van der Waals surface area contributed by atoms with E-state index in [0.29, 0.717) is 17.4 Å². The molecule has 0 aliphatic rings. The molecule has 0 bridgehead atoms. The van der Waals surface area contributed by atoms with Crippen molar-refractivity contribution in [2.24, 2.45) is 5.92 Å². The molecule has 0 heterocycles. The first-order chi connectivity index (χ1) is 8.52. The summed E-state index contributed by atoms with van der Waals surface area (Å²) in [6, 6.07) is 7.60. The average molecular weight is 268 g/mol. The topological polar surface area (TPSA) is 43.4 Å². The van der Waals surface area contributed by atoms with E-state index in [2.05, 4.69) is 18.6 Å². The fraction of sp³-hybridized carbons (Fsp3) is 0.500. The number of hydrogen-bond acceptors (Lipinski definition) is 3. The van der Waals surface area contributed by atoms with Gasteiger partial charge in [0.05, 0.1) is 13.5 Å². The van der Waals surface area contributed by atoms with E-state index in [1.54, 1.807) is 0 Å². The third-order valence-corrected chi connectivity index (χ3v) is 4.19. The molecule has 18 heavy (non-hydrogen) atoms. The number of esters is 1. The number of benzene rings is 1. The molecule has 3 nitrogen and oxygen atoms in total. The van der Waals surface area contributed by atoms with E-state index in [9.17, 15) is 9.00 Å². The maximum atomic E-state index is 11.9. The monoisotopic (exact) mass is 268 g/mol. The Kier molecular flexibility index (Phi) is 6.05. The van der Waals surface area contributed by atoms with Crippen molar-refractivity contribution in [3.63, 3.8) is 0 Å². The number of carbonyl (C=O) groups is 1. The summed E-state index contributed by atoms with van der Waals surface area (Å²) in [6.45, 7) is 4.11. The zero-order valence-corrected chi connectivity index (χ0v) is 12.0. The molecule has 100 valence electrons. The van der Waals surface area contributed by atoms with E-state index in [-0.39, 0.29) is 12.4 Å². The second-order valence-corrected chi connectivity index (χ2v) is 6.17. The zero-order chi connectivity index (χ0) is 13.5. The SMILES string of the molecule is COC(=O)Cc1ccccc1CS(=O)CC(C)C. The van der Waals surface area contributed by atoms with Gasteiger partial charge in [0.25, 0.3) is 0 Å². The Morgan fingerprint density at radius 1 is 1.28 bits per heavy atom. The van der Waals surface area contributed by atoms with Gasteiger partial charge in [-0.15, -0.1) is 0 Å². The first-order valence-corrected chi connectivity index (χ1v) is 7.50. The molecule has 0 aliphatic heterocycles. The van der Waals surface area contributed by atoms with Crippen LogP contribution in [0, 0.1) is 5.92 Å². The van der Waals surface area contributed by atoms with E-state index < -0.39 is 10.8 Å². The fourth-order valence-electron chi connectivity index (χ4n) is 1.70. The van der Waals surface area contributed by atoms with Gasteiger partial charge in [0.1, 0.15) is 0 Å². The van der Waals surface area contributed by atoms with Crippen LogP contribution in [0.3, 0.4) is 0 Å². The molecular formula is C14H20O3S. The molecule has 0 aromatic heterocycles. The Morgan fingerprint density at radius 3 is 2.44 bits per heavy atom. The molecule has 0 aliphatic carbocycles. The standard InChI is InChI=1S/C14H20O3S/c1-11(2)9-18(16)10-13-7-5-4-6-12(13)8-14(15)17-3/h4-7,11H,8-10H2,1-3H3. The normalized spacial score (nSPS) is 12.4. The number of rotatable bonds is 6. The zero-order valence-electron chi connectivity index (χ0n) is 11.1. The summed E-state index contributed by atoms with van der Waals surface area (Å²) in [7, 11) is 0.497. The van der Waals surface area contributed by atoms with Crippen LogP contribution in [0.2, 0.25) is 0 Å². The molecule has 0 amide bonds. The van der Waals surface area contributed by atoms with Crippen LogP contribution in [0.1, 0.15) is 25.0 Å². The molecule has 0 fully saturated rings. The highest BCUT2D eigenvalue weighted by Crippen LogP contribution is 2.13. The summed E-state index contributed by atoms with van der Waals surface area (Å²) in [6.07, 6.45) is 0.242. The molecule has 1 atom stereocenters. The minimum absolute atomic E-state index is 0.242. The average Bonchev–Trinajstić information content (AvgIpc) is 2.30. The quantitative estimate of drug-likeness (QED) is 0.744. The Hall–Kier alpha value is -1.16. The van der Waals surface area contributed by atoms with Crippen LogP contribution in [-0.4, -0.2) is 23.0 Å². The first-order valence-electron chi connectivity index (χ1n) is 6.01. The lowest BCUT2D eigenvalue weighted by Gasteiger charge is -2.09. The molecule has 0 spiro atoms. The molecule has 0 N–H and O–H groups in total. The highest BCUT2D eigenvalue weighted by atomic mass is 32.2. The molecule has 0 radical (unpaired) electrons. The summed E-state index contributed by atoms with van der Waals surface area (Å²) in [5, 5.41) is 0. The number of carbonyl (C=O) groups excluding carboxylic acids is 1. The minimum atomic E-state index is -0.880. The fourth-order valence-corrected chi connectivity index (χ4v) is 3.19. The summed E-state index contributed by atoms with van der Waals surface area (Å²) in [5.74, 6) is 1.34. The van der Waals surface area contributed by atoms with Crippen LogP contribution < -0.4 is 0 Å². The Bertz CT molecular complexity index is 427. The molecule has 1 aromatic rings. The molecule has 1 aromatic carbocycles. The van der Waals surface area contributed by atoms with Crippen molar-refractivity contribution in [1.29, 1.82) is 0 Å². The summed E-state index contributed by atoms with van der Waals surface area (Å²) in [5.41, 5.74) is 1.88. The molecule has 4 heteroatoms. The Labute approximate surface area is 111 Å². The van der Waals surface area contributed by atoms with Crippen LogP contribution in [0.15, 0.2) is 24.3 Å². The third-order valence-electron chi connectivity index (χ3n) is 2.52. The maximum absolute atomic E-state index is 11.9. The van der Waals surface area contributed by atoms with Crippen molar-refractivity contribution in [1.82, 2.24) is 0 Å². The summed E-state index contributed by atoms with van der Waals surface area (Å²) >= 11 is 0. The van der Waals surface area contributed by atoms with Crippen LogP contribution in [0.4, 0.5) is 0 Å². The van der Waals surface area contributed by atoms with Gasteiger partial charge in [0.15, 0.2) is 0 Å². The van der Waals surface area contributed by atoms with Crippen molar-refractivity contribution < 1.29 is 13.7 Å². The second kappa shape index (κ2) is 7.31. The Balaban J connectivity index is 2.76. The van der Waals surface area contributed by atoms with Gasteiger partial charge >= 0.3 is 5.97 Å². The largest absolute Gasteiger partial charge is 0.469 e. The highest BCUT2D eigenvalue weighted by Gasteiger charge is 2.11. The van der Waals surface area contributed by atoms with Crippen molar-refractivity contribution in [2.75, 3.05) is 12.9 Å². The summed E-state index contributed by atoms with van der Waals surface area (Å²) < 4.78 is 16.6. The van der Waals surface area contributed by atoms with Gasteiger partial charge in [-0.25, -0.2) is 0 Å². The van der Waals surface area contributed by atoms with E-state index in [1.807, 2.05) is 24.3 Å². The third kappa shape index (κ3) is 5.00. The molecule has 0 saturated carbocycles. The lowest BCUT2D eigenvalue weighted by atomic mass is 10.1. The van der Waals surface area contributed by atoms with Crippen molar-refractivity contribution in [3.05, 3.63) is 35.4 Å². The van der Waals surface area contributed by atoms with E-state index in [0.717, 1.165) is 11.1 Å². The van der Waals surface area contributed by atoms with Crippen molar-refractivity contribution in [3.8, 4) is 0 Å². The van der Waals surface area contributed by atoms with Gasteiger partial charge in [0, 0.05) is 22.3 Å². The van der Waals surface area contributed by atoms with E-state index in [1.165, 1.54) is 7.11 Å². The first kappa shape index (κ1) is 14.9. The van der Waals surface area contributed by atoms with Gasteiger partial charge in [-0.05, 0) is 17.0 Å². The molecule has 1 unspecified atom stereocenters. The highest BCUT2D eigenvalue weighted by molar-refractivity contribution is 7.84. The predicted molar refractivity (Wildman–Crippen MR) is 73.7 cm³/mol. The second-order valence-electron chi connectivity index (χ2n) is 4.67. The van der Waals surface area contributed by atoms with Gasteiger partial charge in [-0.2, -0.15) is 0 Å². The van der Waals surface area contributed by atoms with Gasteiger partial charge in [0.2, 0.25) is 0 Å². The van der Waals surface area contributed by atoms with Crippen LogP contribution >= 0.6 is 0 Å². The molecule has 0 saturated heterocycles. The van der Waals surface area contributed by atoms with Crippen molar-refractivity contribution >= 4 is 16.8 Å². The predicted octanol–water partition coefficient (Wildman–Crippen LogP) is 2.31. The Morgan fingerprint density at radius 2 is 1.89 bits per heavy atom. The maximum Gasteiger partial charge on any atom is 0.309 e. The number of methoxy groups -OCH3 is 1. The van der Waals surface area contributed by atoms with Crippen molar-refractivity contribution in [2.45, 2.75) is 26.0 Å².